The monoisotopic (exact) mass is 174 g/mol. The summed E-state index contributed by atoms with van der Waals surface area (Å²) in [4.78, 5) is 20.2. The van der Waals surface area contributed by atoms with Crippen LogP contribution in [-0.2, 0) is 14.3 Å². The van der Waals surface area contributed by atoms with Gasteiger partial charge in [0.25, 0.3) is 0 Å². The molecule has 0 aromatic carbocycles. The molecule has 0 saturated heterocycles. The number of ether oxygens (including phenoxy) is 1. The molecule has 0 radical (unpaired) electrons. The van der Waals surface area contributed by atoms with Gasteiger partial charge in [-0.15, -0.1) is 11.6 Å². The Hall–Kier alpha value is 0.430. The van der Waals surface area contributed by atoms with Gasteiger partial charge in [0.05, 0.1) is 6.61 Å². The molecule has 0 aromatic heterocycles. The van der Waals surface area contributed by atoms with Gasteiger partial charge in [-0.3, -0.25) is 0 Å². The fourth-order valence-corrected chi connectivity index (χ4v) is 0.340. The van der Waals surface area contributed by atoms with Gasteiger partial charge in [0, 0.05) is 0 Å². The summed E-state index contributed by atoms with van der Waals surface area (Å²) in [6.07, 6.45) is 0.333. The molecule has 5 heteroatoms. The van der Waals surface area contributed by atoms with Crippen molar-refractivity contribution in [3.8, 4) is 0 Å². The van der Waals surface area contributed by atoms with Crippen molar-refractivity contribution in [2.24, 2.45) is 0 Å². The zero-order valence-corrected chi connectivity index (χ0v) is 8.72. The van der Waals surface area contributed by atoms with Crippen molar-refractivity contribution >= 4 is 23.9 Å². The van der Waals surface area contributed by atoms with Crippen molar-refractivity contribution in [2.45, 2.75) is 12.3 Å². The van der Waals surface area contributed by atoms with Crippen LogP contribution in [-0.4, -0.2) is 24.2 Å². The maximum Gasteiger partial charge on any atom is 1.00 e. The number of carbonyl (C=O) groups excluding carboxylic acids is 2. The van der Waals surface area contributed by atoms with E-state index in [1.807, 2.05) is 0 Å². The smallest absolute Gasteiger partial charge is 1.00 e. The van der Waals surface area contributed by atoms with Crippen LogP contribution in [0.1, 0.15) is 8.35 Å². The molecule has 1 unspecified atom stereocenters. The number of esters is 1. The van der Waals surface area contributed by atoms with Gasteiger partial charge in [0.1, 0.15) is 6.29 Å². The molecule has 0 amide bonds. The minimum Gasteiger partial charge on any atom is -1.00 e. The minimum atomic E-state index is -1.15. The SMILES string of the molecule is CCOC(=O)C(Cl)C=O.[H-].[Na+]. The van der Waals surface area contributed by atoms with Crippen molar-refractivity contribution in [3.05, 3.63) is 0 Å². The molecule has 0 N–H and O–H groups in total. The van der Waals surface area contributed by atoms with E-state index in [-0.39, 0.29) is 37.6 Å². The zero-order chi connectivity index (χ0) is 7.28. The predicted molar refractivity (Wildman–Crippen MR) is 33.4 cm³/mol. The van der Waals surface area contributed by atoms with Gasteiger partial charge in [0.2, 0.25) is 0 Å². The van der Waals surface area contributed by atoms with E-state index in [1.54, 1.807) is 6.92 Å². The van der Waals surface area contributed by atoms with Crippen LogP contribution >= 0.6 is 11.6 Å². The van der Waals surface area contributed by atoms with Crippen LogP contribution in [0.25, 0.3) is 0 Å². The minimum absolute atomic E-state index is 0. The first kappa shape index (κ1) is 13.1. The molecule has 0 aliphatic rings. The third-order valence-corrected chi connectivity index (χ3v) is 0.912. The maximum atomic E-state index is 10.4. The van der Waals surface area contributed by atoms with E-state index in [0.717, 1.165) is 0 Å². The van der Waals surface area contributed by atoms with E-state index in [9.17, 15) is 9.59 Å². The van der Waals surface area contributed by atoms with Crippen molar-refractivity contribution in [1.82, 2.24) is 0 Å². The topological polar surface area (TPSA) is 43.4 Å². The normalized spacial score (nSPS) is 11.0. The second-order valence-corrected chi connectivity index (χ2v) is 1.76. The molecule has 0 rings (SSSR count). The number of rotatable bonds is 3. The Labute approximate surface area is 87.8 Å². The molecule has 1 atom stereocenters. The average molecular weight is 175 g/mol. The van der Waals surface area contributed by atoms with Gasteiger partial charge >= 0.3 is 35.5 Å². The van der Waals surface area contributed by atoms with Crippen molar-refractivity contribution in [2.75, 3.05) is 6.61 Å². The number of carbonyl (C=O) groups is 2. The summed E-state index contributed by atoms with van der Waals surface area (Å²) in [5, 5.41) is -1.15. The first-order chi connectivity index (χ1) is 4.22. The third-order valence-electron chi connectivity index (χ3n) is 0.631. The molecule has 0 aromatic rings. The number of halogens is 1. The fourth-order valence-electron chi connectivity index (χ4n) is 0.277. The third kappa shape index (κ3) is 5.23. The van der Waals surface area contributed by atoms with E-state index >= 15 is 0 Å². The summed E-state index contributed by atoms with van der Waals surface area (Å²) in [6, 6.07) is 0. The molecule has 10 heavy (non-hydrogen) atoms. The standard InChI is InChI=1S/C5H7ClO3.Na.H/c1-2-9-5(8)4(6)3-7;;/h3-4H,2H2,1H3;;/q;+1;-1. The van der Waals surface area contributed by atoms with Gasteiger partial charge in [-0.05, 0) is 6.92 Å². The zero-order valence-electron chi connectivity index (χ0n) is 6.96. The summed E-state index contributed by atoms with van der Waals surface area (Å²) >= 11 is 5.15. The quantitative estimate of drug-likeness (QED) is 0.156. The Bertz CT molecular complexity index is 122. The van der Waals surface area contributed by atoms with Crippen molar-refractivity contribution < 1.29 is 45.3 Å². The van der Waals surface area contributed by atoms with Gasteiger partial charge in [-0.1, -0.05) is 0 Å². The Balaban J connectivity index is -0.000000320. The Morgan fingerprint density at radius 1 is 1.90 bits per heavy atom. The molecule has 3 nitrogen and oxygen atoms in total. The summed E-state index contributed by atoms with van der Waals surface area (Å²) in [5.74, 6) is -0.686. The maximum absolute atomic E-state index is 10.4. The van der Waals surface area contributed by atoms with E-state index in [4.69, 9.17) is 11.6 Å². The van der Waals surface area contributed by atoms with Crippen LogP contribution < -0.4 is 29.6 Å². The van der Waals surface area contributed by atoms with Gasteiger partial charge in [-0.25, -0.2) is 4.79 Å². The first-order valence-corrected chi connectivity index (χ1v) is 2.92. The van der Waals surface area contributed by atoms with E-state index in [0.29, 0.717) is 6.29 Å². The van der Waals surface area contributed by atoms with Crippen LogP contribution in [0, 0.1) is 0 Å². The van der Waals surface area contributed by atoms with Crippen LogP contribution in [0.3, 0.4) is 0 Å². The van der Waals surface area contributed by atoms with Gasteiger partial charge in [0.15, 0.2) is 5.38 Å². The molecule has 0 bridgehead atoms. The van der Waals surface area contributed by atoms with Crippen LogP contribution in [0.2, 0.25) is 0 Å². The van der Waals surface area contributed by atoms with Gasteiger partial charge in [-0.2, -0.15) is 0 Å². The van der Waals surface area contributed by atoms with Crippen LogP contribution in [0.4, 0.5) is 0 Å². The number of alkyl halides is 1. The second kappa shape index (κ2) is 7.54. The number of hydrogen-bond acceptors (Lipinski definition) is 3. The van der Waals surface area contributed by atoms with Crippen molar-refractivity contribution in [1.29, 1.82) is 0 Å². The molecular formula is C5H8ClNaO3. The van der Waals surface area contributed by atoms with Gasteiger partial charge < -0.3 is 11.0 Å². The first-order valence-electron chi connectivity index (χ1n) is 2.48. The molecule has 0 aliphatic carbocycles. The second-order valence-electron chi connectivity index (χ2n) is 1.29. The summed E-state index contributed by atoms with van der Waals surface area (Å²) < 4.78 is 4.39. The van der Waals surface area contributed by atoms with E-state index in [1.165, 1.54) is 0 Å². The molecule has 54 valence electrons. The summed E-state index contributed by atoms with van der Waals surface area (Å²) in [6.45, 7) is 1.89. The van der Waals surface area contributed by atoms with E-state index < -0.39 is 11.3 Å². The Kier molecular flexibility index (Phi) is 9.84. The number of aldehydes is 1. The largest absolute Gasteiger partial charge is 1.00 e. The molecule has 0 aliphatic heterocycles. The Morgan fingerprint density at radius 2 is 2.40 bits per heavy atom. The molecule has 0 fully saturated rings. The average Bonchev–Trinajstić information content (AvgIpc) is 1.87. The Morgan fingerprint density at radius 3 is 2.70 bits per heavy atom. The molecule has 0 heterocycles. The van der Waals surface area contributed by atoms with Crippen LogP contribution in [0.5, 0.6) is 0 Å². The fraction of sp³-hybridized carbons (Fsp3) is 0.600. The summed E-state index contributed by atoms with van der Waals surface area (Å²) in [5.41, 5.74) is 0. The van der Waals surface area contributed by atoms with E-state index in [2.05, 4.69) is 4.74 Å². The molecule has 0 saturated carbocycles. The van der Waals surface area contributed by atoms with Crippen LogP contribution in [0.15, 0.2) is 0 Å². The molecular weight excluding hydrogens is 166 g/mol. The number of hydrogen-bond donors (Lipinski definition) is 0. The summed E-state index contributed by atoms with van der Waals surface area (Å²) in [7, 11) is 0. The molecule has 0 spiro atoms. The van der Waals surface area contributed by atoms with Crippen molar-refractivity contribution in [3.63, 3.8) is 0 Å². The predicted octanol–water partition coefficient (Wildman–Crippen LogP) is -2.53.